The molecule has 2 rings (SSSR count). The Kier molecular flexibility index (Phi) is 4.83. The molecule has 0 heterocycles. The third-order valence-corrected chi connectivity index (χ3v) is 6.04. The number of hydrogen-bond donors (Lipinski definition) is 2. The van der Waals surface area contributed by atoms with E-state index in [1.807, 2.05) is 0 Å². The first-order valence-electron chi connectivity index (χ1n) is 7.17. The molecule has 1 aromatic rings. The maximum Gasteiger partial charge on any atom is 0.241 e. The van der Waals surface area contributed by atoms with Crippen molar-refractivity contribution in [3.8, 4) is 0 Å². The molecule has 1 saturated carbocycles. The van der Waals surface area contributed by atoms with Gasteiger partial charge in [-0.2, -0.15) is 0 Å². The van der Waals surface area contributed by atoms with Crippen molar-refractivity contribution in [2.45, 2.75) is 50.7 Å². The van der Waals surface area contributed by atoms with Crippen LogP contribution < -0.4 is 4.72 Å². The fraction of sp³-hybridized carbons (Fsp3) is 0.600. The minimum Gasteiger partial charge on any atom is -0.392 e. The van der Waals surface area contributed by atoms with Gasteiger partial charge < -0.3 is 5.11 Å². The molecule has 0 bridgehead atoms. The lowest BCUT2D eigenvalue weighted by Crippen LogP contribution is -2.43. The fourth-order valence-electron chi connectivity index (χ4n) is 2.91. The van der Waals surface area contributed by atoms with Crippen LogP contribution in [-0.4, -0.2) is 19.6 Å². The molecule has 4 nitrogen and oxygen atoms in total. The van der Waals surface area contributed by atoms with Gasteiger partial charge in [0.1, 0.15) is 0 Å². The minimum atomic E-state index is -3.57. The van der Waals surface area contributed by atoms with Gasteiger partial charge >= 0.3 is 0 Å². The average Bonchev–Trinajstić information content (AvgIpc) is 2.43. The van der Waals surface area contributed by atoms with Crippen molar-refractivity contribution in [2.75, 3.05) is 0 Å². The van der Waals surface area contributed by atoms with E-state index in [4.69, 9.17) is 0 Å². The van der Waals surface area contributed by atoms with Gasteiger partial charge in [-0.25, -0.2) is 13.1 Å². The van der Waals surface area contributed by atoms with Gasteiger partial charge in [-0.1, -0.05) is 44.9 Å². The van der Waals surface area contributed by atoms with Gasteiger partial charge in [0, 0.05) is 6.04 Å². The first-order chi connectivity index (χ1) is 9.45. The predicted octanol–water partition coefficient (Wildman–Crippen LogP) is 2.28. The van der Waals surface area contributed by atoms with Crippen molar-refractivity contribution >= 4 is 10.0 Å². The van der Waals surface area contributed by atoms with Crippen LogP contribution in [0.3, 0.4) is 0 Å². The van der Waals surface area contributed by atoms with Crippen LogP contribution in [0.4, 0.5) is 0 Å². The normalized spacial score (nSPS) is 27.4. The summed E-state index contributed by atoms with van der Waals surface area (Å²) in [5.41, 5.74) is 0.441. The Balaban J connectivity index is 2.23. The lowest BCUT2D eigenvalue weighted by Gasteiger charge is -2.34. The van der Waals surface area contributed by atoms with Crippen LogP contribution >= 0.6 is 0 Å². The van der Waals surface area contributed by atoms with E-state index >= 15 is 0 Å². The van der Waals surface area contributed by atoms with Gasteiger partial charge in [0.15, 0.2) is 0 Å². The lowest BCUT2D eigenvalue weighted by atomic mass is 9.78. The number of hydrogen-bond acceptors (Lipinski definition) is 3. The summed E-state index contributed by atoms with van der Waals surface area (Å²) in [5, 5.41) is 9.29. The highest BCUT2D eigenvalue weighted by Crippen LogP contribution is 2.30. The average molecular weight is 297 g/mol. The molecule has 0 spiro atoms. The third kappa shape index (κ3) is 3.22. The summed E-state index contributed by atoms with van der Waals surface area (Å²) in [6.45, 7) is 4.01. The van der Waals surface area contributed by atoms with Crippen LogP contribution in [0.15, 0.2) is 29.2 Å². The van der Waals surface area contributed by atoms with Gasteiger partial charge in [-0.15, -0.1) is 0 Å². The predicted molar refractivity (Wildman–Crippen MR) is 78.7 cm³/mol. The van der Waals surface area contributed by atoms with E-state index in [2.05, 4.69) is 18.6 Å². The van der Waals surface area contributed by atoms with Gasteiger partial charge in [-0.3, -0.25) is 0 Å². The molecule has 0 aliphatic heterocycles. The summed E-state index contributed by atoms with van der Waals surface area (Å²) in [7, 11) is -3.57. The van der Waals surface area contributed by atoms with E-state index in [1.165, 1.54) is 0 Å². The van der Waals surface area contributed by atoms with Crippen LogP contribution in [0.25, 0.3) is 0 Å². The van der Waals surface area contributed by atoms with E-state index < -0.39 is 10.0 Å². The number of aliphatic hydroxyl groups excluding tert-OH is 1. The second kappa shape index (κ2) is 6.24. The Morgan fingerprint density at radius 1 is 1.25 bits per heavy atom. The highest BCUT2D eigenvalue weighted by molar-refractivity contribution is 7.89. The first kappa shape index (κ1) is 15.5. The van der Waals surface area contributed by atoms with Crippen molar-refractivity contribution in [3.05, 3.63) is 29.8 Å². The van der Waals surface area contributed by atoms with Crippen LogP contribution in [-0.2, 0) is 16.6 Å². The SMILES string of the molecule is CC1CCCC(NS(=O)(=O)c2ccccc2CO)C1C. The quantitative estimate of drug-likeness (QED) is 0.896. The third-order valence-electron chi connectivity index (χ3n) is 4.45. The number of benzene rings is 1. The molecule has 0 amide bonds. The van der Waals surface area contributed by atoms with E-state index in [0.717, 1.165) is 19.3 Å². The monoisotopic (exact) mass is 297 g/mol. The molecule has 0 radical (unpaired) electrons. The Labute approximate surface area is 121 Å². The van der Waals surface area contributed by atoms with Crippen molar-refractivity contribution in [1.82, 2.24) is 4.72 Å². The maximum atomic E-state index is 12.5. The molecule has 112 valence electrons. The molecule has 5 heteroatoms. The number of rotatable bonds is 4. The van der Waals surface area contributed by atoms with E-state index in [-0.39, 0.29) is 17.5 Å². The summed E-state index contributed by atoms with van der Waals surface area (Å²) >= 11 is 0. The Morgan fingerprint density at radius 3 is 2.65 bits per heavy atom. The van der Waals surface area contributed by atoms with Crippen LogP contribution in [0.1, 0.15) is 38.7 Å². The smallest absolute Gasteiger partial charge is 0.241 e. The zero-order chi connectivity index (χ0) is 14.8. The standard InChI is InChI=1S/C15H23NO3S/c1-11-6-5-8-14(12(11)2)16-20(18,19)15-9-4-3-7-13(15)10-17/h3-4,7,9,11-12,14,16-17H,5-6,8,10H2,1-2H3. The summed E-state index contributed by atoms with van der Waals surface area (Å²) in [6, 6.07) is 6.58. The molecule has 3 unspecified atom stereocenters. The second-order valence-electron chi connectivity index (χ2n) is 5.76. The summed E-state index contributed by atoms with van der Waals surface area (Å²) in [4.78, 5) is 0.188. The van der Waals surface area contributed by atoms with Gasteiger partial charge in [0.25, 0.3) is 0 Å². The molecular formula is C15H23NO3S. The number of nitrogens with one attached hydrogen (secondary N) is 1. The topological polar surface area (TPSA) is 66.4 Å². The molecular weight excluding hydrogens is 274 g/mol. The Hall–Kier alpha value is -0.910. The van der Waals surface area contributed by atoms with Crippen molar-refractivity contribution < 1.29 is 13.5 Å². The molecule has 1 aromatic carbocycles. The largest absolute Gasteiger partial charge is 0.392 e. The van der Waals surface area contributed by atoms with E-state index in [0.29, 0.717) is 17.4 Å². The van der Waals surface area contributed by atoms with Crippen LogP contribution in [0, 0.1) is 11.8 Å². The molecule has 2 N–H and O–H groups in total. The second-order valence-corrected chi connectivity index (χ2v) is 7.44. The summed E-state index contributed by atoms with van der Waals surface area (Å²) < 4.78 is 27.8. The van der Waals surface area contributed by atoms with Gasteiger partial charge in [0.2, 0.25) is 10.0 Å². The van der Waals surface area contributed by atoms with Crippen LogP contribution in [0.2, 0.25) is 0 Å². The molecule has 1 fully saturated rings. The van der Waals surface area contributed by atoms with E-state index in [9.17, 15) is 13.5 Å². The number of sulfonamides is 1. The highest BCUT2D eigenvalue weighted by Gasteiger charge is 2.31. The van der Waals surface area contributed by atoms with Gasteiger partial charge in [-0.05, 0) is 29.9 Å². The maximum absolute atomic E-state index is 12.5. The molecule has 1 aliphatic rings. The Morgan fingerprint density at radius 2 is 1.95 bits per heavy atom. The van der Waals surface area contributed by atoms with Gasteiger partial charge in [0.05, 0.1) is 11.5 Å². The fourth-order valence-corrected chi connectivity index (χ4v) is 4.50. The highest BCUT2D eigenvalue weighted by atomic mass is 32.2. The lowest BCUT2D eigenvalue weighted by molar-refractivity contribution is 0.226. The van der Waals surface area contributed by atoms with Crippen molar-refractivity contribution in [2.24, 2.45) is 11.8 Å². The molecule has 0 aromatic heterocycles. The number of aliphatic hydroxyl groups is 1. The molecule has 20 heavy (non-hydrogen) atoms. The first-order valence-corrected chi connectivity index (χ1v) is 8.65. The van der Waals surface area contributed by atoms with Crippen molar-refractivity contribution in [3.63, 3.8) is 0 Å². The minimum absolute atomic E-state index is 0.0181. The molecule has 1 aliphatic carbocycles. The zero-order valence-corrected chi connectivity index (χ0v) is 12.9. The van der Waals surface area contributed by atoms with E-state index in [1.54, 1.807) is 24.3 Å². The molecule has 3 atom stereocenters. The van der Waals surface area contributed by atoms with Crippen molar-refractivity contribution in [1.29, 1.82) is 0 Å². The zero-order valence-electron chi connectivity index (χ0n) is 12.0. The molecule has 0 saturated heterocycles. The summed E-state index contributed by atoms with van der Waals surface area (Å²) in [6.07, 6.45) is 3.10. The summed E-state index contributed by atoms with van der Waals surface area (Å²) in [5.74, 6) is 0.865. The van der Waals surface area contributed by atoms with Crippen LogP contribution in [0.5, 0.6) is 0 Å². The Bertz CT molecular complexity index is 556.